The average Bonchev–Trinajstić information content (AvgIpc) is 2.73. The van der Waals surface area contributed by atoms with Crippen LogP contribution in [0.3, 0.4) is 0 Å². The zero-order valence-corrected chi connectivity index (χ0v) is 9.14. The molecule has 0 spiro atoms. The number of H-pyrrole nitrogens is 1. The first-order chi connectivity index (χ1) is 7.66. The van der Waals surface area contributed by atoms with E-state index in [0.717, 1.165) is 5.56 Å². The van der Waals surface area contributed by atoms with E-state index in [-0.39, 0.29) is 6.10 Å². The number of tetrazole rings is 1. The van der Waals surface area contributed by atoms with Crippen LogP contribution in [0.2, 0.25) is 0 Å². The number of aromatic nitrogens is 4. The molecule has 0 saturated carbocycles. The number of rotatable bonds is 3. The molecular weight excluding hydrogens is 206 g/mol. The van der Waals surface area contributed by atoms with E-state index >= 15 is 0 Å². The third-order valence-corrected chi connectivity index (χ3v) is 1.98. The maximum atomic E-state index is 5.86. The van der Waals surface area contributed by atoms with Gasteiger partial charge in [-0.05, 0) is 37.3 Å². The van der Waals surface area contributed by atoms with Crippen molar-refractivity contribution in [2.24, 2.45) is 0 Å². The lowest BCUT2D eigenvalue weighted by Gasteiger charge is -2.12. The number of nitrogens with zero attached hydrogens (tertiary/aromatic N) is 3. The molecule has 16 heavy (non-hydrogen) atoms. The fourth-order valence-corrected chi connectivity index (χ4v) is 1.33. The van der Waals surface area contributed by atoms with E-state index in [1.165, 1.54) is 0 Å². The summed E-state index contributed by atoms with van der Waals surface area (Å²) in [6.45, 7) is 3.90. The van der Waals surface area contributed by atoms with Gasteiger partial charge in [-0.3, -0.25) is 0 Å². The Labute approximate surface area is 92.8 Å². The molecule has 6 nitrogen and oxygen atoms in total. The second-order valence-corrected chi connectivity index (χ2v) is 3.65. The van der Waals surface area contributed by atoms with Crippen LogP contribution in [-0.2, 0) is 0 Å². The van der Waals surface area contributed by atoms with Crippen molar-refractivity contribution in [2.75, 3.05) is 5.73 Å². The highest BCUT2D eigenvalue weighted by atomic mass is 16.5. The molecular formula is C10H13N5O. The molecule has 0 radical (unpaired) electrons. The maximum Gasteiger partial charge on any atom is 0.204 e. The van der Waals surface area contributed by atoms with Gasteiger partial charge in [0.25, 0.3) is 0 Å². The van der Waals surface area contributed by atoms with Crippen LogP contribution in [-0.4, -0.2) is 26.7 Å². The monoisotopic (exact) mass is 219 g/mol. The largest absolute Gasteiger partial charge is 0.489 e. The number of hydrogen-bond donors (Lipinski definition) is 2. The van der Waals surface area contributed by atoms with Gasteiger partial charge in [-0.1, -0.05) is 0 Å². The molecule has 1 aromatic heterocycles. The molecule has 0 aliphatic carbocycles. The predicted octanol–water partition coefficient (Wildman–Crippen LogP) is 1.24. The number of benzene rings is 1. The summed E-state index contributed by atoms with van der Waals surface area (Å²) in [6.07, 6.45) is 0.0957. The lowest BCUT2D eigenvalue weighted by Crippen LogP contribution is -2.07. The van der Waals surface area contributed by atoms with E-state index in [0.29, 0.717) is 17.3 Å². The van der Waals surface area contributed by atoms with Gasteiger partial charge in [0.1, 0.15) is 5.75 Å². The Morgan fingerprint density at radius 3 is 2.75 bits per heavy atom. The van der Waals surface area contributed by atoms with E-state index in [2.05, 4.69) is 20.6 Å². The summed E-state index contributed by atoms with van der Waals surface area (Å²) in [7, 11) is 0. The first-order valence-corrected chi connectivity index (χ1v) is 4.97. The van der Waals surface area contributed by atoms with Crippen molar-refractivity contribution in [3.63, 3.8) is 0 Å². The molecule has 0 unspecified atom stereocenters. The molecule has 1 heterocycles. The van der Waals surface area contributed by atoms with Gasteiger partial charge in [0.15, 0.2) is 0 Å². The van der Waals surface area contributed by atoms with Gasteiger partial charge in [0.2, 0.25) is 5.82 Å². The predicted molar refractivity (Wildman–Crippen MR) is 59.8 cm³/mol. The topological polar surface area (TPSA) is 89.7 Å². The van der Waals surface area contributed by atoms with Crippen LogP contribution in [0.15, 0.2) is 18.2 Å². The number of anilines is 1. The van der Waals surface area contributed by atoms with Crippen LogP contribution in [0.25, 0.3) is 11.4 Å². The quantitative estimate of drug-likeness (QED) is 0.758. The molecule has 0 aliphatic heterocycles. The minimum atomic E-state index is 0.0957. The van der Waals surface area contributed by atoms with Crippen LogP contribution >= 0.6 is 0 Å². The van der Waals surface area contributed by atoms with Crippen LogP contribution < -0.4 is 10.5 Å². The first-order valence-electron chi connectivity index (χ1n) is 4.97. The Morgan fingerprint density at radius 2 is 2.19 bits per heavy atom. The third kappa shape index (κ3) is 2.10. The van der Waals surface area contributed by atoms with Crippen molar-refractivity contribution in [3.8, 4) is 17.1 Å². The van der Waals surface area contributed by atoms with Crippen molar-refractivity contribution < 1.29 is 4.74 Å². The zero-order valence-electron chi connectivity index (χ0n) is 9.14. The van der Waals surface area contributed by atoms with Crippen LogP contribution in [0.1, 0.15) is 13.8 Å². The maximum absolute atomic E-state index is 5.86. The summed E-state index contributed by atoms with van der Waals surface area (Å²) in [5.74, 6) is 1.19. The van der Waals surface area contributed by atoms with Crippen molar-refractivity contribution >= 4 is 5.69 Å². The lowest BCUT2D eigenvalue weighted by molar-refractivity contribution is 0.244. The Kier molecular flexibility index (Phi) is 2.72. The zero-order chi connectivity index (χ0) is 11.5. The minimum Gasteiger partial charge on any atom is -0.489 e. The fourth-order valence-electron chi connectivity index (χ4n) is 1.33. The van der Waals surface area contributed by atoms with Crippen molar-refractivity contribution in [1.29, 1.82) is 0 Å². The molecule has 0 saturated heterocycles. The summed E-state index contributed by atoms with van der Waals surface area (Å²) in [4.78, 5) is 0. The number of nitrogens with one attached hydrogen (secondary N) is 1. The highest BCUT2D eigenvalue weighted by Gasteiger charge is 2.07. The Balaban J connectivity index is 2.29. The van der Waals surface area contributed by atoms with Gasteiger partial charge in [-0.25, -0.2) is 0 Å². The fraction of sp³-hybridized carbons (Fsp3) is 0.300. The van der Waals surface area contributed by atoms with Crippen molar-refractivity contribution in [2.45, 2.75) is 20.0 Å². The van der Waals surface area contributed by atoms with Gasteiger partial charge in [0.05, 0.1) is 11.8 Å². The standard InChI is InChI=1S/C10H13N5O/c1-6(2)16-9-4-3-7(5-8(9)11)10-12-14-15-13-10/h3-6H,11H2,1-2H3,(H,12,13,14,15). The van der Waals surface area contributed by atoms with Gasteiger partial charge in [-0.15, -0.1) is 10.2 Å². The Morgan fingerprint density at radius 1 is 1.38 bits per heavy atom. The molecule has 84 valence electrons. The molecule has 3 N–H and O–H groups in total. The molecule has 0 aliphatic rings. The van der Waals surface area contributed by atoms with E-state index < -0.39 is 0 Å². The van der Waals surface area contributed by atoms with Crippen LogP contribution in [0.4, 0.5) is 5.69 Å². The van der Waals surface area contributed by atoms with E-state index in [1.54, 1.807) is 12.1 Å². The highest BCUT2D eigenvalue weighted by molar-refractivity contribution is 5.65. The molecule has 0 fully saturated rings. The summed E-state index contributed by atoms with van der Waals surface area (Å²) in [5, 5.41) is 13.6. The summed E-state index contributed by atoms with van der Waals surface area (Å²) in [5.41, 5.74) is 7.24. The van der Waals surface area contributed by atoms with Crippen LogP contribution in [0, 0.1) is 0 Å². The molecule has 0 amide bonds. The summed E-state index contributed by atoms with van der Waals surface area (Å²) >= 11 is 0. The highest BCUT2D eigenvalue weighted by Crippen LogP contribution is 2.27. The number of aromatic amines is 1. The smallest absolute Gasteiger partial charge is 0.204 e. The summed E-state index contributed by atoms with van der Waals surface area (Å²) in [6, 6.07) is 5.42. The second kappa shape index (κ2) is 4.18. The lowest BCUT2D eigenvalue weighted by atomic mass is 10.2. The van der Waals surface area contributed by atoms with E-state index in [4.69, 9.17) is 10.5 Å². The SMILES string of the molecule is CC(C)Oc1ccc(-c2nn[nH]n2)cc1N. The second-order valence-electron chi connectivity index (χ2n) is 3.65. The number of nitrogens with two attached hydrogens (primary N) is 1. The van der Waals surface area contributed by atoms with Crippen LogP contribution in [0.5, 0.6) is 5.75 Å². The molecule has 2 aromatic rings. The molecule has 0 atom stereocenters. The molecule has 1 aromatic carbocycles. The average molecular weight is 219 g/mol. The third-order valence-electron chi connectivity index (χ3n) is 1.98. The van der Waals surface area contributed by atoms with E-state index in [9.17, 15) is 0 Å². The minimum absolute atomic E-state index is 0.0957. The number of nitrogen functional groups attached to an aromatic ring is 1. The van der Waals surface area contributed by atoms with Gasteiger partial charge >= 0.3 is 0 Å². The molecule has 0 bridgehead atoms. The number of hydrogen-bond acceptors (Lipinski definition) is 5. The van der Waals surface area contributed by atoms with Crippen molar-refractivity contribution in [1.82, 2.24) is 20.6 Å². The van der Waals surface area contributed by atoms with Gasteiger partial charge in [-0.2, -0.15) is 5.21 Å². The first kappa shape index (κ1) is 10.4. The Hall–Kier alpha value is -2.11. The van der Waals surface area contributed by atoms with Crippen molar-refractivity contribution in [3.05, 3.63) is 18.2 Å². The van der Waals surface area contributed by atoms with Gasteiger partial charge in [0, 0.05) is 5.56 Å². The normalized spacial score (nSPS) is 10.7. The molecule has 6 heteroatoms. The number of ether oxygens (including phenoxy) is 1. The van der Waals surface area contributed by atoms with E-state index in [1.807, 2.05) is 19.9 Å². The molecule has 2 rings (SSSR count). The Bertz CT molecular complexity index is 466. The summed E-state index contributed by atoms with van der Waals surface area (Å²) < 4.78 is 5.53. The van der Waals surface area contributed by atoms with Gasteiger partial charge < -0.3 is 10.5 Å².